The molecule has 4 heteroatoms. The Bertz CT molecular complexity index is 416. The normalized spacial score (nSPS) is 18.4. The van der Waals surface area contributed by atoms with E-state index in [-0.39, 0.29) is 18.4 Å². The van der Waals surface area contributed by atoms with Crippen LogP contribution in [-0.4, -0.2) is 29.9 Å². The summed E-state index contributed by atoms with van der Waals surface area (Å²) in [5.41, 5.74) is 0.939. The maximum absolute atomic E-state index is 11.6. The maximum atomic E-state index is 11.6. The Balaban J connectivity index is 1.83. The van der Waals surface area contributed by atoms with Gasteiger partial charge in [0.15, 0.2) is 5.78 Å². The molecular formula is C13H15NO3. The molecule has 1 unspecified atom stereocenters. The van der Waals surface area contributed by atoms with Gasteiger partial charge in [-0.2, -0.15) is 0 Å². The highest BCUT2D eigenvalue weighted by atomic mass is 16.6. The smallest absolute Gasteiger partial charge is 0.410 e. The Morgan fingerprint density at radius 1 is 1.41 bits per heavy atom. The number of carbonyl (C=O) groups excluding carboxylic acids is 2. The van der Waals surface area contributed by atoms with E-state index in [1.807, 2.05) is 30.3 Å². The second kappa shape index (κ2) is 4.99. The summed E-state index contributed by atoms with van der Waals surface area (Å²) in [7, 11) is 1.61. The fraction of sp³-hybridized carbons (Fsp3) is 0.385. The van der Waals surface area contributed by atoms with Gasteiger partial charge in [-0.15, -0.1) is 0 Å². The number of rotatable bonds is 3. The lowest BCUT2D eigenvalue weighted by Crippen LogP contribution is -2.48. The lowest BCUT2D eigenvalue weighted by atomic mass is 9.90. The summed E-state index contributed by atoms with van der Waals surface area (Å²) in [6, 6.07) is 9.19. The van der Waals surface area contributed by atoms with Crippen LogP contribution in [0.2, 0.25) is 0 Å². The average molecular weight is 233 g/mol. The molecule has 1 aromatic carbocycles. The van der Waals surface area contributed by atoms with Gasteiger partial charge in [0.05, 0.1) is 6.04 Å². The first-order chi connectivity index (χ1) is 8.18. The number of likely N-dealkylation sites (N-methyl/N-ethyl adjacent to an activating group) is 1. The van der Waals surface area contributed by atoms with E-state index in [1.165, 1.54) is 4.90 Å². The second-order valence-electron chi connectivity index (χ2n) is 4.17. The van der Waals surface area contributed by atoms with Gasteiger partial charge >= 0.3 is 6.09 Å². The van der Waals surface area contributed by atoms with E-state index < -0.39 is 6.09 Å². The molecule has 1 fully saturated rings. The van der Waals surface area contributed by atoms with E-state index in [9.17, 15) is 9.59 Å². The monoisotopic (exact) mass is 233 g/mol. The van der Waals surface area contributed by atoms with Crippen molar-refractivity contribution < 1.29 is 14.3 Å². The van der Waals surface area contributed by atoms with Crippen molar-refractivity contribution in [2.24, 2.45) is 0 Å². The maximum Gasteiger partial charge on any atom is 0.410 e. The van der Waals surface area contributed by atoms with Gasteiger partial charge in [0.25, 0.3) is 0 Å². The Morgan fingerprint density at radius 3 is 2.65 bits per heavy atom. The molecule has 2 rings (SSSR count). The van der Waals surface area contributed by atoms with Crippen LogP contribution in [0.3, 0.4) is 0 Å². The van der Waals surface area contributed by atoms with Crippen LogP contribution < -0.4 is 0 Å². The molecule has 1 aliphatic rings. The second-order valence-corrected chi connectivity index (χ2v) is 4.17. The number of benzene rings is 1. The zero-order valence-corrected chi connectivity index (χ0v) is 9.76. The molecule has 4 nitrogen and oxygen atoms in total. The Hall–Kier alpha value is -1.84. The first kappa shape index (κ1) is 11.6. The van der Waals surface area contributed by atoms with Crippen molar-refractivity contribution in [3.05, 3.63) is 35.9 Å². The summed E-state index contributed by atoms with van der Waals surface area (Å²) in [6.07, 6.45) is 0.878. The van der Waals surface area contributed by atoms with Crippen molar-refractivity contribution in [1.29, 1.82) is 0 Å². The molecule has 1 atom stereocenters. The summed E-state index contributed by atoms with van der Waals surface area (Å²) in [6.45, 7) is 0.241. The molecule has 1 amide bonds. The van der Waals surface area contributed by atoms with Crippen LogP contribution in [0.25, 0.3) is 0 Å². The first-order valence-corrected chi connectivity index (χ1v) is 5.64. The average Bonchev–Trinajstić information content (AvgIpc) is 2.35. The van der Waals surface area contributed by atoms with Crippen LogP contribution in [0.1, 0.15) is 18.4 Å². The summed E-state index contributed by atoms with van der Waals surface area (Å²) in [4.78, 5) is 24.2. The number of carbonyl (C=O) groups is 2. The molecule has 90 valence electrons. The molecule has 0 saturated heterocycles. The van der Waals surface area contributed by atoms with E-state index in [4.69, 9.17) is 4.74 Å². The fourth-order valence-electron chi connectivity index (χ4n) is 1.75. The summed E-state index contributed by atoms with van der Waals surface area (Å²) in [5, 5.41) is 0. The molecular weight excluding hydrogens is 218 g/mol. The zero-order valence-electron chi connectivity index (χ0n) is 9.76. The fourth-order valence-corrected chi connectivity index (χ4v) is 1.75. The highest BCUT2D eigenvalue weighted by molar-refractivity contribution is 5.92. The highest BCUT2D eigenvalue weighted by Gasteiger charge is 2.34. The molecule has 0 heterocycles. The zero-order chi connectivity index (χ0) is 12.3. The van der Waals surface area contributed by atoms with Crippen molar-refractivity contribution >= 4 is 11.9 Å². The third kappa shape index (κ3) is 2.64. The SMILES string of the molecule is CN(C(=O)OCc1ccccc1)C1CCC1=O. The molecule has 1 aromatic rings. The van der Waals surface area contributed by atoms with Gasteiger partial charge < -0.3 is 9.64 Å². The third-order valence-corrected chi connectivity index (χ3v) is 3.00. The minimum absolute atomic E-state index is 0.115. The Labute approximate surface area is 100 Å². The summed E-state index contributed by atoms with van der Waals surface area (Å²) >= 11 is 0. The Kier molecular flexibility index (Phi) is 3.42. The predicted octanol–water partition coefficient (Wildman–Crippen LogP) is 1.99. The van der Waals surface area contributed by atoms with Gasteiger partial charge in [0.2, 0.25) is 0 Å². The molecule has 1 aliphatic carbocycles. The van der Waals surface area contributed by atoms with Crippen LogP contribution >= 0.6 is 0 Å². The standard InChI is InChI=1S/C13H15NO3/c1-14(11-7-8-12(11)15)13(16)17-9-10-5-3-2-4-6-10/h2-6,11H,7-9H2,1H3. The van der Waals surface area contributed by atoms with Crippen LogP contribution in [-0.2, 0) is 16.1 Å². The molecule has 0 N–H and O–H groups in total. The molecule has 1 saturated carbocycles. The number of nitrogens with zero attached hydrogens (tertiary/aromatic N) is 1. The van der Waals surface area contributed by atoms with Crippen LogP contribution in [0.5, 0.6) is 0 Å². The van der Waals surface area contributed by atoms with Crippen molar-refractivity contribution in [3.8, 4) is 0 Å². The lowest BCUT2D eigenvalue weighted by molar-refractivity contribution is -0.129. The number of ketones is 1. The molecule has 0 radical (unpaired) electrons. The largest absolute Gasteiger partial charge is 0.445 e. The topological polar surface area (TPSA) is 46.6 Å². The third-order valence-electron chi connectivity index (χ3n) is 3.00. The van der Waals surface area contributed by atoms with Crippen LogP contribution in [0.15, 0.2) is 30.3 Å². The van der Waals surface area contributed by atoms with Crippen molar-refractivity contribution in [2.75, 3.05) is 7.05 Å². The van der Waals surface area contributed by atoms with Crippen LogP contribution in [0, 0.1) is 0 Å². The van der Waals surface area contributed by atoms with Gasteiger partial charge in [0, 0.05) is 13.5 Å². The van der Waals surface area contributed by atoms with Gasteiger partial charge in [-0.3, -0.25) is 4.79 Å². The quantitative estimate of drug-likeness (QED) is 0.802. The summed E-state index contributed by atoms with van der Waals surface area (Å²) in [5.74, 6) is 0.115. The molecule has 0 aromatic heterocycles. The lowest BCUT2D eigenvalue weighted by Gasteiger charge is -2.32. The number of amides is 1. The minimum Gasteiger partial charge on any atom is -0.445 e. The Morgan fingerprint density at radius 2 is 2.12 bits per heavy atom. The van der Waals surface area contributed by atoms with Crippen molar-refractivity contribution in [1.82, 2.24) is 4.90 Å². The van der Waals surface area contributed by atoms with Crippen molar-refractivity contribution in [2.45, 2.75) is 25.5 Å². The molecule has 0 bridgehead atoms. The van der Waals surface area contributed by atoms with Crippen molar-refractivity contribution in [3.63, 3.8) is 0 Å². The van der Waals surface area contributed by atoms with Gasteiger partial charge in [0.1, 0.15) is 6.61 Å². The van der Waals surface area contributed by atoms with E-state index in [0.717, 1.165) is 12.0 Å². The number of hydrogen-bond donors (Lipinski definition) is 0. The van der Waals surface area contributed by atoms with Crippen LogP contribution in [0.4, 0.5) is 4.79 Å². The van der Waals surface area contributed by atoms with E-state index in [1.54, 1.807) is 7.05 Å². The van der Waals surface area contributed by atoms with Gasteiger partial charge in [-0.25, -0.2) is 4.79 Å². The number of Topliss-reactive ketones (excluding diaryl/α,β-unsaturated/α-hetero) is 1. The molecule has 0 spiro atoms. The molecule has 0 aliphatic heterocycles. The summed E-state index contributed by atoms with van der Waals surface area (Å²) < 4.78 is 5.13. The van der Waals surface area contributed by atoms with E-state index in [2.05, 4.69) is 0 Å². The minimum atomic E-state index is -0.438. The predicted molar refractivity (Wildman–Crippen MR) is 62.4 cm³/mol. The van der Waals surface area contributed by atoms with E-state index in [0.29, 0.717) is 6.42 Å². The van der Waals surface area contributed by atoms with E-state index >= 15 is 0 Å². The van der Waals surface area contributed by atoms with Gasteiger partial charge in [-0.05, 0) is 12.0 Å². The number of hydrogen-bond acceptors (Lipinski definition) is 3. The van der Waals surface area contributed by atoms with Gasteiger partial charge in [-0.1, -0.05) is 30.3 Å². The number of ether oxygens (including phenoxy) is 1. The molecule has 17 heavy (non-hydrogen) atoms. The first-order valence-electron chi connectivity index (χ1n) is 5.64. The highest BCUT2D eigenvalue weighted by Crippen LogP contribution is 2.20.